The van der Waals surface area contributed by atoms with Crippen LogP contribution < -0.4 is 10.9 Å². The zero-order valence-electron chi connectivity index (χ0n) is 17.9. The van der Waals surface area contributed by atoms with Crippen LogP contribution in [0.25, 0.3) is 10.9 Å². The van der Waals surface area contributed by atoms with Gasteiger partial charge in [-0.25, -0.2) is 0 Å². The number of aromatic amines is 1. The molecule has 0 bridgehead atoms. The summed E-state index contributed by atoms with van der Waals surface area (Å²) < 4.78 is 5.37. The maximum Gasteiger partial charge on any atom is 0.253 e. The van der Waals surface area contributed by atoms with Crippen molar-refractivity contribution >= 4 is 28.2 Å². The van der Waals surface area contributed by atoms with E-state index in [4.69, 9.17) is 17.0 Å². The lowest BCUT2D eigenvalue weighted by atomic mass is 10.0. The summed E-state index contributed by atoms with van der Waals surface area (Å²) >= 11 is 5.55. The third kappa shape index (κ3) is 6.01. The minimum atomic E-state index is -0.120. The van der Waals surface area contributed by atoms with E-state index in [-0.39, 0.29) is 12.2 Å². The van der Waals surface area contributed by atoms with Crippen LogP contribution in [0.15, 0.2) is 23.0 Å². The number of aliphatic hydroxyl groups is 1. The highest BCUT2D eigenvalue weighted by Gasteiger charge is 2.14. The summed E-state index contributed by atoms with van der Waals surface area (Å²) in [5.74, 6) is 0. The molecule has 0 radical (unpaired) electrons. The number of H-pyrrole nitrogens is 1. The highest BCUT2D eigenvalue weighted by atomic mass is 32.1. The van der Waals surface area contributed by atoms with Gasteiger partial charge in [-0.05, 0) is 62.3 Å². The number of hydrogen-bond donors (Lipinski definition) is 3. The summed E-state index contributed by atoms with van der Waals surface area (Å²) in [6.07, 6.45) is 0.974. The Labute approximate surface area is 183 Å². The number of aliphatic hydroxyl groups excluding tert-OH is 1. The van der Waals surface area contributed by atoms with Gasteiger partial charge in [0.25, 0.3) is 5.56 Å². The van der Waals surface area contributed by atoms with Gasteiger partial charge in [0.1, 0.15) is 0 Å². The van der Waals surface area contributed by atoms with Crippen molar-refractivity contribution in [2.45, 2.75) is 26.8 Å². The highest BCUT2D eigenvalue weighted by molar-refractivity contribution is 7.80. The van der Waals surface area contributed by atoms with Crippen molar-refractivity contribution in [2.24, 2.45) is 0 Å². The molecule has 0 saturated carbocycles. The molecule has 1 aromatic heterocycles. The van der Waals surface area contributed by atoms with Crippen LogP contribution in [0.3, 0.4) is 0 Å². The van der Waals surface area contributed by atoms with Crippen LogP contribution in [0.1, 0.15) is 23.1 Å². The molecule has 0 unspecified atom stereocenters. The Morgan fingerprint density at radius 3 is 2.80 bits per heavy atom. The minimum absolute atomic E-state index is 0.0285. The van der Waals surface area contributed by atoms with Gasteiger partial charge in [-0.3, -0.25) is 9.69 Å². The first-order chi connectivity index (χ1) is 14.5. The van der Waals surface area contributed by atoms with Gasteiger partial charge in [-0.1, -0.05) is 6.07 Å². The summed E-state index contributed by atoms with van der Waals surface area (Å²) in [7, 11) is 0. The van der Waals surface area contributed by atoms with Crippen molar-refractivity contribution in [2.75, 3.05) is 52.5 Å². The Morgan fingerprint density at radius 2 is 2.07 bits per heavy atom. The summed E-state index contributed by atoms with van der Waals surface area (Å²) in [6.45, 7) is 10.1. The molecule has 3 rings (SSSR count). The quantitative estimate of drug-likeness (QED) is 0.431. The fourth-order valence-electron chi connectivity index (χ4n) is 3.85. The summed E-state index contributed by atoms with van der Waals surface area (Å²) in [5, 5.41) is 14.4. The number of hydrogen-bond acceptors (Lipinski definition) is 5. The average molecular weight is 433 g/mol. The molecule has 2 aromatic rings. The van der Waals surface area contributed by atoms with Crippen LogP contribution in [-0.4, -0.2) is 77.5 Å². The average Bonchev–Trinajstić information content (AvgIpc) is 2.72. The molecule has 8 heteroatoms. The highest BCUT2D eigenvalue weighted by Crippen LogP contribution is 2.19. The number of fused-ring (bicyclic) bond motifs is 1. The van der Waals surface area contributed by atoms with Crippen molar-refractivity contribution in [3.8, 4) is 0 Å². The Morgan fingerprint density at radius 1 is 1.30 bits per heavy atom. The van der Waals surface area contributed by atoms with E-state index in [1.165, 1.54) is 0 Å². The van der Waals surface area contributed by atoms with Gasteiger partial charge < -0.3 is 25.0 Å². The first kappa shape index (κ1) is 22.7. The predicted octanol–water partition coefficient (Wildman–Crippen LogP) is 1.54. The number of aromatic nitrogens is 1. The van der Waals surface area contributed by atoms with Gasteiger partial charge in [0, 0.05) is 42.6 Å². The number of aryl methyl sites for hydroxylation is 2. The molecule has 164 valence electrons. The van der Waals surface area contributed by atoms with Crippen LogP contribution in [0.2, 0.25) is 0 Å². The second-order valence-corrected chi connectivity index (χ2v) is 8.24. The number of nitrogens with one attached hydrogen (secondary N) is 2. The van der Waals surface area contributed by atoms with Crippen LogP contribution in [0, 0.1) is 13.8 Å². The number of pyridine rings is 1. The molecular formula is C22H32N4O3S. The molecule has 1 fully saturated rings. The van der Waals surface area contributed by atoms with Gasteiger partial charge >= 0.3 is 0 Å². The van der Waals surface area contributed by atoms with Crippen LogP contribution >= 0.6 is 12.2 Å². The molecule has 3 N–H and O–H groups in total. The fourth-order valence-corrected chi connectivity index (χ4v) is 4.10. The van der Waals surface area contributed by atoms with Crippen molar-refractivity contribution in [1.82, 2.24) is 20.1 Å². The first-order valence-electron chi connectivity index (χ1n) is 10.5. The van der Waals surface area contributed by atoms with E-state index in [0.717, 1.165) is 67.8 Å². The van der Waals surface area contributed by atoms with Crippen LogP contribution in [0.4, 0.5) is 0 Å². The Balaban J connectivity index is 1.62. The summed E-state index contributed by atoms with van der Waals surface area (Å²) in [4.78, 5) is 19.9. The lowest BCUT2D eigenvalue weighted by Crippen LogP contribution is -2.43. The number of nitrogens with zero attached hydrogens (tertiary/aromatic N) is 2. The third-order valence-corrected chi connectivity index (χ3v) is 5.84. The molecule has 1 aliphatic heterocycles. The molecule has 2 heterocycles. The Kier molecular flexibility index (Phi) is 8.21. The van der Waals surface area contributed by atoms with E-state index >= 15 is 0 Å². The van der Waals surface area contributed by atoms with Crippen molar-refractivity contribution in [3.63, 3.8) is 0 Å². The molecule has 0 spiro atoms. The van der Waals surface area contributed by atoms with Gasteiger partial charge in [-0.2, -0.15) is 0 Å². The molecule has 1 saturated heterocycles. The smallest absolute Gasteiger partial charge is 0.253 e. The van der Waals surface area contributed by atoms with E-state index in [1.807, 2.05) is 30.9 Å². The predicted molar refractivity (Wildman–Crippen MR) is 124 cm³/mol. The zero-order valence-corrected chi connectivity index (χ0v) is 18.7. The van der Waals surface area contributed by atoms with E-state index in [1.54, 1.807) is 0 Å². The summed E-state index contributed by atoms with van der Waals surface area (Å²) in [5.41, 5.74) is 3.61. The van der Waals surface area contributed by atoms with E-state index in [2.05, 4.69) is 21.3 Å². The maximum absolute atomic E-state index is 12.6. The second kappa shape index (κ2) is 10.9. The number of ether oxygens (including phenoxy) is 1. The van der Waals surface area contributed by atoms with Crippen LogP contribution in [0.5, 0.6) is 0 Å². The molecule has 0 amide bonds. The molecule has 1 aliphatic rings. The normalized spacial score (nSPS) is 14.8. The molecule has 0 atom stereocenters. The van der Waals surface area contributed by atoms with E-state index in [0.29, 0.717) is 23.8 Å². The minimum Gasteiger partial charge on any atom is -0.395 e. The molecule has 1 aromatic carbocycles. The number of morpholine rings is 1. The number of benzene rings is 1. The van der Waals surface area contributed by atoms with Gasteiger partial charge in [0.15, 0.2) is 5.11 Å². The van der Waals surface area contributed by atoms with Crippen molar-refractivity contribution < 1.29 is 9.84 Å². The molecule has 7 nitrogen and oxygen atoms in total. The standard InChI is InChI=1S/C22H32N4O3S/c1-16-12-17(2)19-14-18(21(28)24-20(19)13-16)15-26(6-9-27)22(30)23-4-3-5-25-7-10-29-11-8-25/h12-14,27H,3-11,15H2,1-2H3,(H,23,30)(H,24,28). The molecular weight excluding hydrogens is 400 g/mol. The van der Waals surface area contributed by atoms with Crippen molar-refractivity contribution in [1.29, 1.82) is 0 Å². The first-order valence-corrected chi connectivity index (χ1v) is 11.0. The molecule has 0 aliphatic carbocycles. The van der Waals surface area contributed by atoms with Gasteiger partial charge in [-0.15, -0.1) is 0 Å². The van der Waals surface area contributed by atoms with Gasteiger partial charge in [0.2, 0.25) is 0 Å². The number of thiocarbonyl (C=S) groups is 1. The topological polar surface area (TPSA) is 80.8 Å². The maximum atomic E-state index is 12.6. The largest absolute Gasteiger partial charge is 0.395 e. The second-order valence-electron chi connectivity index (χ2n) is 7.85. The Hall–Kier alpha value is -2.00. The fraction of sp³-hybridized carbons (Fsp3) is 0.545. The number of rotatable bonds is 8. The SMILES string of the molecule is Cc1cc(C)c2cc(CN(CCO)C(=S)NCCCN3CCOCC3)c(=O)[nH]c2c1. The van der Waals surface area contributed by atoms with Gasteiger partial charge in [0.05, 0.1) is 26.4 Å². The monoisotopic (exact) mass is 432 g/mol. The zero-order chi connectivity index (χ0) is 21.5. The third-order valence-electron chi connectivity index (χ3n) is 5.44. The molecule has 30 heavy (non-hydrogen) atoms. The lowest BCUT2D eigenvalue weighted by Gasteiger charge is -2.27. The van der Waals surface area contributed by atoms with Crippen LogP contribution in [-0.2, 0) is 11.3 Å². The summed E-state index contributed by atoms with van der Waals surface area (Å²) in [6, 6.07) is 6.03. The Bertz CT molecular complexity index is 924. The lowest BCUT2D eigenvalue weighted by molar-refractivity contribution is 0.0376. The van der Waals surface area contributed by atoms with E-state index < -0.39 is 0 Å². The van der Waals surface area contributed by atoms with Crippen molar-refractivity contribution in [3.05, 3.63) is 45.2 Å². The van der Waals surface area contributed by atoms with E-state index in [9.17, 15) is 9.90 Å².